The van der Waals surface area contributed by atoms with E-state index in [1.807, 2.05) is 71.6 Å². The first-order chi connectivity index (χ1) is 15.2. The summed E-state index contributed by atoms with van der Waals surface area (Å²) in [7, 11) is 0. The van der Waals surface area contributed by atoms with Gasteiger partial charge in [-0.15, -0.1) is 0 Å². The van der Waals surface area contributed by atoms with Gasteiger partial charge < -0.3 is 15.5 Å². The van der Waals surface area contributed by atoms with Crippen molar-refractivity contribution in [3.63, 3.8) is 0 Å². The van der Waals surface area contributed by atoms with Crippen LogP contribution in [-0.4, -0.2) is 36.3 Å². The Balaban J connectivity index is 1.22. The van der Waals surface area contributed by atoms with Gasteiger partial charge in [0.2, 0.25) is 5.91 Å². The van der Waals surface area contributed by atoms with Crippen LogP contribution < -0.4 is 10.6 Å². The van der Waals surface area contributed by atoms with Gasteiger partial charge >= 0.3 is 0 Å². The van der Waals surface area contributed by atoms with Gasteiger partial charge in [0.1, 0.15) is 0 Å². The lowest BCUT2D eigenvalue weighted by Crippen LogP contribution is -2.29. The zero-order valence-corrected chi connectivity index (χ0v) is 17.5. The Morgan fingerprint density at radius 1 is 0.774 bits per heavy atom. The van der Waals surface area contributed by atoms with Gasteiger partial charge in [-0.1, -0.05) is 54.6 Å². The molecule has 0 aromatic heterocycles. The van der Waals surface area contributed by atoms with E-state index in [9.17, 15) is 9.59 Å². The van der Waals surface area contributed by atoms with Crippen molar-refractivity contribution in [2.75, 3.05) is 25.0 Å². The summed E-state index contributed by atoms with van der Waals surface area (Å²) in [6, 6.07) is 25.7. The van der Waals surface area contributed by atoms with Crippen molar-refractivity contribution in [2.45, 2.75) is 19.4 Å². The van der Waals surface area contributed by atoms with E-state index in [2.05, 4.69) is 22.8 Å². The van der Waals surface area contributed by atoms with Crippen LogP contribution in [0, 0.1) is 0 Å². The summed E-state index contributed by atoms with van der Waals surface area (Å²) in [5.41, 5.74) is 4.89. The summed E-state index contributed by atoms with van der Waals surface area (Å²) >= 11 is 0. The van der Waals surface area contributed by atoms with Crippen LogP contribution in [0.1, 0.15) is 28.8 Å². The minimum atomic E-state index is -0.0793. The molecule has 5 heteroatoms. The molecular weight excluding hydrogens is 386 g/mol. The monoisotopic (exact) mass is 413 g/mol. The van der Waals surface area contributed by atoms with Gasteiger partial charge in [-0.25, -0.2) is 0 Å². The Morgan fingerprint density at radius 3 is 2.10 bits per heavy atom. The second kappa shape index (κ2) is 9.94. The maximum absolute atomic E-state index is 12.4. The van der Waals surface area contributed by atoms with Crippen molar-refractivity contribution in [3.8, 4) is 11.1 Å². The summed E-state index contributed by atoms with van der Waals surface area (Å²) in [5, 5.41) is 6.07. The molecule has 5 nitrogen and oxygen atoms in total. The lowest BCUT2D eigenvalue weighted by atomic mass is 10.1. The Bertz CT molecular complexity index is 1010. The molecule has 3 aromatic carbocycles. The molecule has 1 aliphatic heterocycles. The van der Waals surface area contributed by atoms with Crippen LogP contribution in [0.3, 0.4) is 0 Å². The third kappa shape index (κ3) is 5.51. The topological polar surface area (TPSA) is 61.4 Å². The van der Waals surface area contributed by atoms with Crippen molar-refractivity contribution in [1.82, 2.24) is 10.2 Å². The van der Waals surface area contributed by atoms with Crippen LogP contribution in [-0.2, 0) is 11.3 Å². The molecule has 31 heavy (non-hydrogen) atoms. The van der Waals surface area contributed by atoms with E-state index in [1.165, 1.54) is 5.56 Å². The fourth-order valence-electron chi connectivity index (χ4n) is 3.72. The predicted molar refractivity (Wildman–Crippen MR) is 124 cm³/mol. The highest BCUT2D eigenvalue weighted by molar-refractivity contribution is 5.94. The molecule has 158 valence electrons. The second-order valence-electron chi connectivity index (χ2n) is 7.77. The summed E-state index contributed by atoms with van der Waals surface area (Å²) in [6.45, 7) is 2.33. The van der Waals surface area contributed by atoms with Crippen molar-refractivity contribution >= 4 is 17.5 Å². The number of carbonyl (C=O) groups excluding carboxylic acids is 2. The van der Waals surface area contributed by atoms with Crippen LogP contribution in [0.15, 0.2) is 78.9 Å². The fraction of sp³-hybridized carbons (Fsp3) is 0.231. The van der Waals surface area contributed by atoms with Gasteiger partial charge in [-0.2, -0.15) is 0 Å². The Labute approximate surface area is 183 Å². The standard InChI is InChI=1S/C26H27N3O2/c30-25(19-27-24-14-12-22(13-15-24)21-6-2-1-3-7-21)28-18-20-8-10-23(11-9-20)26(31)29-16-4-5-17-29/h1-3,6-15,27H,4-5,16-19H2,(H,28,30). The summed E-state index contributed by atoms with van der Waals surface area (Å²) in [4.78, 5) is 26.5. The number of benzene rings is 3. The predicted octanol–water partition coefficient (Wildman–Crippen LogP) is 4.32. The van der Waals surface area contributed by atoms with Gasteiger partial charge in [0.15, 0.2) is 0 Å². The highest BCUT2D eigenvalue weighted by Gasteiger charge is 2.19. The number of rotatable bonds is 7. The zero-order valence-electron chi connectivity index (χ0n) is 17.5. The third-order valence-electron chi connectivity index (χ3n) is 5.53. The van der Waals surface area contributed by atoms with E-state index >= 15 is 0 Å². The average Bonchev–Trinajstić information content (AvgIpc) is 3.37. The first-order valence-corrected chi connectivity index (χ1v) is 10.7. The molecule has 4 rings (SSSR count). The number of hydrogen-bond acceptors (Lipinski definition) is 3. The minimum Gasteiger partial charge on any atom is -0.376 e. The number of hydrogen-bond donors (Lipinski definition) is 2. The van der Waals surface area contributed by atoms with Gasteiger partial charge in [-0.05, 0) is 53.8 Å². The first kappa shape index (κ1) is 20.7. The van der Waals surface area contributed by atoms with Crippen LogP contribution in [0.25, 0.3) is 11.1 Å². The molecule has 3 aromatic rings. The van der Waals surface area contributed by atoms with E-state index in [4.69, 9.17) is 0 Å². The lowest BCUT2D eigenvalue weighted by Gasteiger charge is -2.15. The molecule has 1 aliphatic rings. The molecule has 0 unspecified atom stereocenters. The SMILES string of the molecule is O=C(CNc1ccc(-c2ccccc2)cc1)NCc1ccc(C(=O)N2CCCC2)cc1. The van der Waals surface area contributed by atoms with Gasteiger partial charge in [0, 0.05) is 30.9 Å². The number of likely N-dealkylation sites (tertiary alicyclic amines) is 1. The largest absolute Gasteiger partial charge is 0.376 e. The third-order valence-corrected chi connectivity index (χ3v) is 5.53. The highest BCUT2D eigenvalue weighted by atomic mass is 16.2. The minimum absolute atomic E-state index is 0.0793. The molecule has 1 saturated heterocycles. The van der Waals surface area contributed by atoms with E-state index in [1.54, 1.807) is 0 Å². The van der Waals surface area contributed by atoms with Crippen LogP contribution >= 0.6 is 0 Å². The molecule has 0 saturated carbocycles. The number of amides is 2. The molecule has 0 radical (unpaired) electrons. The molecule has 2 amide bonds. The number of carbonyl (C=O) groups is 2. The van der Waals surface area contributed by atoms with E-state index in [-0.39, 0.29) is 18.4 Å². The van der Waals surface area contributed by atoms with Crippen molar-refractivity contribution in [1.29, 1.82) is 0 Å². The number of anilines is 1. The molecule has 0 spiro atoms. The van der Waals surface area contributed by atoms with Crippen LogP contribution in [0.4, 0.5) is 5.69 Å². The maximum Gasteiger partial charge on any atom is 0.253 e. The van der Waals surface area contributed by atoms with Gasteiger partial charge in [-0.3, -0.25) is 9.59 Å². The molecule has 1 heterocycles. The Kier molecular flexibility index (Phi) is 6.62. The van der Waals surface area contributed by atoms with E-state index < -0.39 is 0 Å². The summed E-state index contributed by atoms with van der Waals surface area (Å²) in [5.74, 6) is 0.0138. The second-order valence-corrected chi connectivity index (χ2v) is 7.77. The van der Waals surface area contributed by atoms with Crippen LogP contribution in [0.2, 0.25) is 0 Å². The molecular formula is C26H27N3O2. The summed E-state index contributed by atoms with van der Waals surface area (Å²) in [6.07, 6.45) is 2.17. The smallest absolute Gasteiger partial charge is 0.253 e. The quantitative estimate of drug-likeness (QED) is 0.607. The van der Waals surface area contributed by atoms with Gasteiger partial charge in [0.25, 0.3) is 5.91 Å². The first-order valence-electron chi connectivity index (χ1n) is 10.7. The molecule has 0 bridgehead atoms. The highest BCUT2D eigenvalue weighted by Crippen LogP contribution is 2.20. The maximum atomic E-state index is 12.4. The van der Waals surface area contributed by atoms with E-state index in [0.29, 0.717) is 12.1 Å². The van der Waals surface area contributed by atoms with E-state index in [0.717, 1.165) is 42.7 Å². The lowest BCUT2D eigenvalue weighted by molar-refractivity contribution is -0.119. The molecule has 2 N–H and O–H groups in total. The average molecular weight is 414 g/mol. The van der Waals surface area contributed by atoms with Crippen LogP contribution in [0.5, 0.6) is 0 Å². The normalized spacial score (nSPS) is 13.1. The Hall–Kier alpha value is -3.60. The molecule has 0 aliphatic carbocycles. The summed E-state index contributed by atoms with van der Waals surface area (Å²) < 4.78 is 0. The van der Waals surface area contributed by atoms with Crippen molar-refractivity contribution < 1.29 is 9.59 Å². The zero-order chi connectivity index (χ0) is 21.5. The van der Waals surface area contributed by atoms with Crippen molar-refractivity contribution in [2.24, 2.45) is 0 Å². The molecule has 0 atom stereocenters. The Morgan fingerprint density at radius 2 is 1.42 bits per heavy atom. The molecule has 1 fully saturated rings. The van der Waals surface area contributed by atoms with Gasteiger partial charge in [0.05, 0.1) is 6.54 Å². The number of nitrogens with zero attached hydrogens (tertiary/aromatic N) is 1. The number of nitrogens with one attached hydrogen (secondary N) is 2. The van der Waals surface area contributed by atoms with Crippen molar-refractivity contribution in [3.05, 3.63) is 90.0 Å². The fourth-order valence-corrected chi connectivity index (χ4v) is 3.72.